The van der Waals surface area contributed by atoms with Crippen LogP contribution < -0.4 is 10.2 Å². The lowest BCUT2D eigenvalue weighted by Gasteiger charge is -2.19. The van der Waals surface area contributed by atoms with Gasteiger partial charge in [0.15, 0.2) is 0 Å². The van der Waals surface area contributed by atoms with Crippen molar-refractivity contribution < 1.29 is 9.53 Å². The van der Waals surface area contributed by atoms with Gasteiger partial charge in [0, 0.05) is 25.5 Å². The van der Waals surface area contributed by atoms with Crippen molar-refractivity contribution in [3.63, 3.8) is 0 Å². The van der Waals surface area contributed by atoms with E-state index in [1.807, 2.05) is 105 Å². The molecule has 0 fully saturated rings. The number of rotatable bonds is 7. The third kappa shape index (κ3) is 4.99. The van der Waals surface area contributed by atoms with Crippen LogP contribution in [0.1, 0.15) is 22.8 Å². The number of carbonyl (C=O) groups excluding carboxylic acids is 1. The van der Waals surface area contributed by atoms with E-state index < -0.39 is 0 Å². The molecule has 0 aliphatic heterocycles. The fraction of sp³-hybridized carbons (Fsp3) is 0.208. The summed E-state index contributed by atoms with van der Waals surface area (Å²) < 4.78 is 6.03. The highest BCUT2D eigenvalue weighted by Crippen LogP contribution is 2.26. The van der Waals surface area contributed by atoms with E-state index in [2.05, 4.69) is 5.32 Å². The average Bonchev–Trinajstić information content (AvgIpc) is 2.71. The number of benzene rings is 3. The third-order valence-corrected chi connectivity index (χ3v) is 4.59. The molecule has 28 heavy (non-hydrogen) atoms. The molecular weight excluding hydrogens is 348 g/mol. The fourth-order valence-corrected chi connectivity index (χ4v) is 3.05. The molecule has 0 heterocycles. The smallest absolute Gasteiger partial charge is 0.250 e. The van der Waals surface area contributed by atoms with E-state index in [-0.39, 0.29) is 18.6 Å². The van der Waals surface area contributed by atoms with Gasteiger partial charge in [0.1, 0.15) is 12.7 Å². The van der Waals surface area contributed by atoms with Crippen LogP contribution in [-0.4, -0.2) is 26.6 Å². The first-order valence-corrected chi connectivity index (χ1v) is 9.34. The largest absolute Gasteiger partial charge is 0.378 e. The van der Waals surface area contributed by atoms with Crippen molar-refractivity contribution in [3.05, 3.63) is 95.6 Å². The van der Waals surface area contributed by atoms with Crippen molar-refractivity contribution in [1.29, 1.82) is 0 Å². The number of carbonyl (C=O) groups is 1. The molecule has 0 bridgehead atoms. The van der Waals surface area contributed by atoms with Crippen LogP contribution in [0, 0.1) is 6.92 Å². The first kappa shape index (κ1) is 19.6. The van der Waals surface area contributed by atoms with Crippen molar-refractivity contribution >= 4 is 17.3 Å². The number of hydrogen-bond acceptors (Lipinski definition) is 3. The topological polar surface area (TPSA) is 41.6 Å². The second kappa shape index (κ2) is 9.20. The van der Waals surface area contributed by atoms with E-state index in [1.165, 1.54) is 0 Å². The van der Waals surface area contributed by atoms with Crippen LogP contribution in [0.5, 0.6) is 0 Å². The van der Waals surface area contributed by atoms with Crippen LogP contribution in [0.25, 0.3) is 0 Å². The zero-order valence-electron chi connectivity index (χ0n) is 16.6. The van der Waals surface area contributed by atoms with Crippen molar-refractivity contribution in [2.45, 2.75) is 13.0 Å². The fourth-order valence-electron chi connectivity index (χ4n) is 3.05. The van der Waals surface area contributed by atoms with Crippen LogP contribution >= 0.6 is 0 Å². The average molecular weight is 374 g/mol. The highest BCUT2D eigenvalue weighted by molar-refractivity contribution is 5.92. The quantitative estimate of drug-likeness (QED) is 0.645. The summed E-state index contributed by atoms with van der Waals surface area (Å²) in [6.45, 7) is 1.96. The molecule has 3 aromatic rings. The van der Waals surface area contributed by atoms with Gasteiger partial charge < -0.3 is 15.0 Å². The second-order valence-electron chi connectivity index (χ2n) is 6.95. The molecular formula is C24H26N2O2. The van der Waals surface area contributed by atoms with Gasteiger partial charge >= 0.3 is 0 Å². The van der Waals surface area contributed by atoms with E-state index in [9.17, 15) is 4.79 Å². The number of aryl methyl sites for hydroxylation is 1. The predicted octanol–water partition coefficient (Wildman–Crippen LogP) is 4.81. The summed E-state index contributed by atoms with van der Waals surface area (Å²) in [4.78, 5) is 14.5. The summed E-state index contributed by atoms with van der Waals surface area (Å²) in [7, 11) is 3.99. The lowest BCUT2D eigenvalue weighted by atomic mass is 10.0. The molecule has 4 heteroatoms. The van der Waals surface area contributed by atoms with Gasteiger partial charge in [-0.1, -0.05) is 60.7 Å². The number of nitrogens with zero attached hydrogens (tertiary/aromatic N) is 1. The summed E-state index contributed by atoms with van der Waals surface area (Å²) >= 11 is 0. The third-order valence-electron chi connectivity index (χ3n) is 4.59. The molecule has 0 saturated carbocycles. The Labute approximate surface area is 166 Å². The molecule has 0 atom stereocenters. The molecule has 0 aliphatic rings. The standard InChI is InChI=1S/C24H26N2O2/c1-18-16-21(26(2)3)14-15-22(18)25-23(27)17-28-24(19-10-6-4-7-11-19)20-12-8-5-9-13-20/h4-16,24H,17H2,1-3H3,(H,25,27). The monoisotopic (exact) mass is 374 g/mol. The minimum Gasteiger partial charge on any atom is -0.378 e. The zero-order valence-corrected chi connectivity index (χ0v) is 16.6. The SMILES string of the molecule is Cc1cc(N(C)C)ccc1NC(=O)COC(c1ccccc1)c1ccccc1. The van der Waals surface area contributed by atoms with Crippen molar-refractivity contribution in [1.82, 2.24) is 0 Å². The van der Waals surface area contributed by atoms with Gasteiger partial charge in [0.2, 0.25) is 5.91 Å². The highest BCUT2D eigenvalue weighted by atomic mass is 16.5. The predicted molar refractivity (Wildman–Crippen MR) is 115 cm³/mol. The van der Waals surface area contributed by atoms with Crippen LogP contribution in [0.2, 0.25) is 0 Å². The van der Waals surface area contributed by atoms with Crippen molar-refractivity contribution in [2.75, 3.05) is 30.9 Å². The second-order valence-corrected chi connectivity index (χ2v) is 6.95. The van der Waals surface area contributed by atoms with Crippen LogP contribution in [-0.2, 0) is 9.53 Å². The minimum atomic E-state index is -0.287. The number of hydrogen-bond donors (Lipinski definition) is 1. The molecule has 1 N–H and O–H groups in total. The number of anilines is 2. The zero-order chi connectivity index (χ0) is 19.9. The van der Waals surface area contributed by atoms with E-state index in [1.54, 1.807) is 0 Å². The Morgan fingerprint density at radius 3 is 2.00 bits per heavy atom. The van der Waals surface area contributed by atoms with Gasteiger partial charge in [-0.15, -0.1) is 0 Å². The van der Waals surface area contributed by atoms with Gasteiger partial charge in [-0.3, -0.25) is 4.79 Å². The molecule has 0 aromatic heterocycles. The number of ether oxygens (including phenoxy) is 1. The molecule has 1 amide bonds. The first-order valence-electron chi connectivity index (χ1n) is 9.34. The molecule has 0 unspecified atom stereocenters. The highest BCUT2D eigenvalue weighted by Gasteiger charge is 2.16. The summed E-state index contributed by atoms with van der Waals surface area (Å²) in [6, 6.07) is 25.9. The number of amides is 1. The molecule has 144 valence electrons. The Balaban J connectivity index is 1.69. The van der Waals surface area contributed by atoms with Crippen LogP contribution in [0.4, 0.5) is 11.4 Å². The Morgan fingerprint density at radius 1 is 0.929 bits per heavy atom. The normalized spacial score (nSPS) is 10.7. The molecule has 0 spiro atoms. The van der Waals surface area contributed by atoms with E-state index in [0.29, 0.717) is 0 Å². The Bertz CT molecular complexity index is 869. The Hall–Kier alpha value is -3.11. The maximum Gasteiger partial charge on any atom is 0.250 e. The summed E-state index contributed by atoms with van der Waals surface area (Å²) in [5.74, 6) is -0.169. The maximum absolute atomic E-state index is 12.5. The minimum absolute atomic E-state index is 0.0245. The van der Waals surface area contributed by atoms with Crippen LogP contribution in [0.3, 0.4) is 0 Å². The maximum atomic E-state index is 12.5. The van der Waals surface area contributed by atoms with Gasteiger partial charge in [0.25, 0.3) is 0 Å². The molecule has 3 aromatic carbocycles. The molecule has 0 saturated heterocycles. The van der Waals surface area contributed by atoms with Gasteiger partial charge in [-0.25, -0.2) is 0 Å². The van der Waals surface area contributed by atoms with Crippen molar-refractivity contribution in [2.24, 2.45) is 0 Å². The molecule has 4 nitrogen and oxygen atoms in total. The molecule has 0 radical (unpaired) electrons. The van der Waals surface area contributed by atoms with Gasteiger partial charge in [-0.2, -0.15) is 0 Å². The van der Waals surface area contributed by atoms with Crippen LogP contribution in [0.15, 0.2) is 78.9 Å². The lowest BCUT2D eigenvalue weighted by molar-refractivity contribution is -0.121. The summed E-state index contributed by atoms with van der Waals surface area (Å²) in [6.07, 6.45) is -0.287. The van der Waals surface area contributed by atoms with Crippen molar-refractivity contribution in [3.8, 4) is 0 Å². The summed E-state index contributed by atoms with van der Waals surface area (Å²) in [5.41, 5.74) is 4.96. The molecule has 0 aliphatic carbocycles. The summed E-state index contributed by atoms with van der Waals surface area (Å²) in [5, 5.41) is 2.95. The van der Waals surface area contributed by atoms with E-state index in [0.717, 1.165) is 28.1 Å². The number of nitrogens with one attached hydrogen (secondary N) is 1. The Kier molecular flexibility index (Phi) is 6.45. The lowest BCUT2D eigenvalue weighted by Crippen LogP contribution is -2.21. The van der Waals surface area contributed by atoms with Gasteiger partial charge in [-0.05, 0) is 41.8 Å². The van der Waals surface area contributed by atoms with E-state index >= 15 is 0 Å². The van der Waals surface area contributed by atoms with E-state index in [4.69, 9.17) is 4.74 Å². The molecule has 3 rings (SSSR count). The Morgan fingerprint density at radius 2 is 1.50 bits per heavy atom. The first-order chi connectivity index (χ1) is 13.5. The van der Waals surface area contributed by atoms with Gasteiger partial charge in [0.05, 0.1) is 0 Å².